The second kappa shape index (κ2) is 3.07. The molecule has 0 bridgehead atoms. The van der Waals surface area contributed by atoms with Crippen molar-refractivity contribution in [1.82, 2.24) is 10.3 Å². The fourth-order valence-corrected chi connectivity index (χ4v) is 2.58. The summed E-state index contributed by atoms with van der Waals surface area (Å²) >= 11 is 1.87. The lowest BCUT2D eigenvalue weighted by atomic mass is 9.98. The average molecular weight is 196 g/mol. The van der Waals surface area contributed by atoms with Crippen molar-refractivity contribution in [1.29, 1.82) is 0 Å². The first kappa shape index (κ1) is 9.16. The molecule has 0 saturated carbocycles. The van der Waals surface area contributed by atoms with E-state index in [0.717, 1.165) is 19.5 Å². The Morgan fingerprint density at radius 1 is 1.38 bits per heavy atom. The van der Waals surface area contributed by atoms with E-state index >= 15 is 0 Å². The topological polar surface area (TPSA) is 24.9 Å². The second-order valence-corrected chi connectivity index (χ2v) is 5.65. The van der Waals surface area contributed by atoms with Crippen molar-refractivity contribution in [2.24, 2.45) is 0 Å². The normalized spacial score (nSPS) is 17.2. The Labute approximate surface area is 83.4 Å². The van der Waals surface area contributed by atoms with Gasteiger partial charge in [-0.05, 0) is 0 Å². The molecule has 2 heterocycles. The van der Waals surface area contributed by atoms with Gasteiger partial charge in [0.05, 0.1) is 10.7 Å². The maximum atomic E-state index is 4.70. The standard InChI is InChI=1S/C10H16N2S/c1-10(2,3)9-12-7-4-5-11-6-8(7)13-9/h11H,4-6H2,1-3H3. The van der Waals surface area contributed by atoms with Gasteiger partial charge in [0.25, 0.3) is 0 Å². The highest BCUT2D eigenvalue weighted by atomic mass is 32.1. The molecule has 0 radical (unpaired) electrons. The zero-order valence-electron chi connectivity index (χ0n) is 8.48. The molecule has 13 heavy (non-hydrogen) atoms. The van der Waals surface area contributed by atoms with E-state index in [1.54, 1.807) is 0 Å². The fraction of sp³-hybridized carbons (Fsp3) is 0.700. The van der Waals surface area contributed by atoms with Crippen molar-refractivity contribution >= 4 is 11.3 Å². The van der Waals surface area contributed by atoms with Gasteiger partial charge in [0.1, 0.15) is 0 Å². The number of fused-ring (bicyclic) bond motifs is 1. The molecular formula is C10H16N2S. The number of nitrogens with one attached hydrogen (secondary N) is 1. The van der Waals surface area contributed by atoms with Gasteiger partial charge >= 0.3 is 0 Å². The van der Waals surface area contributed by atoms with Crippen LogP contribution in [0.2, 0.25) is 0 Å². The Morgan fingerprint density at radius 2 is 2.15 bits per heavy atom. The first-order valence-corrected chi connectivity index (χ1v) is 5.59. The number of thiazole rings is 1. The van der Waals surface area contributed by atoms with E-state index in [1.165, 1.54) is 15.6 Å². The van der Waals surface area contributed by atoms with E-state index in [0.29, 0.717) is 0 Å². The smallest absolute Gasteiger partial charge is 0.0985 e. The van der Waals surface area contributed by atoms with Crippen LogP contribution < -0.4 is 5.32 Å². The van der Waals surface area contributed by atoms with Crippen molar-refractivity contribution in [3.63, 3.8) is 0 Å². The summed E-state index contributed by atoms with van der Waals surface area (Å²) in [6.07, 6.45) is 1.10. The molecule has 0 aromatic carbocycles. The third kappa shape index (κ3) is 1.76. The summed E-state index contributed by atoms with van der Waals surface area (Å²) in [7, 11) is 0. The van der Waals surface area contributed by atoms with Gasteiger partial charge in [0.15, 0.2) is 0 Å². The molecule has 1 aromatic rings. The summed E-state index contributed by atoms with van der Waals surface area (Å²) in [6.45, 7) is 8.78. The Balaban J connectivity index is 2.36. The van der Waals surface area contributed by atoms with E-state index in [2.05, 4.69) is 26.1 Å². The van der Waals surface area contributed by atoms with Crippen LogP contribution >= 0.6 is 11.3 Å². The Bertz CT molecular complexity index is 286. The van der Waals surface area contributed by atoms with Gasteiger partial charge in [-0.2, -0.15) is 0 Å². The lowest BCUT2D eigenvalue weighted by molar-refractivity contribution is 0.578. The molecule has 0 fully saturated rings. The van der Waals surface area contributed by atoms with Crippen molar-refractivity contribution in [3.8, 4) is 0 Å². The third-order valence-corrected chi connectivity index (χ3v) is 3.77. The van der Waals surface area contributed by atoms with Crippen LogP contribution in [0, 0.1) is 0 Å². The molecule has 3 heteroatoms. The predicted molar refractivity (Wildman–Crippen MR) is 56.2 cm³/mol. The molecule has 0 amide bonds. The summed E-state index contributed by atoms with van der Waals surface area (Å²) in [4.78, 5) is 6.14. The summed E-state index contributed by atoms with van der Waals surface area (Å²) in [6, 6.07) is 0. The highest BCUT2D eigenvalue weighted by molar-refractivity contribution is 7.11. The van der Waals surface area contributed by atoms with Gasteiger partial charge in [-0.1, -0.05) is 20.8 Å². The molecule has 1 aromatic heterocycles. The van der Waals surface area contributed by atoms with E-state index in [-0.39, 0.29) is 5.41 Å². The van der Waals surface area contributed by atoms with Gasteiger partial charge in [-0.25, -0.2) is 4.98 Å². The van der Waals surface area contributed by atoms with Gasteiger partial charge in [0.2, 0.25) is 0 Å². The summed E-state index contributed by atoms with van der Waals surface area (Å²) in [5.41, 5.74) is 1.54. The molecule has 0 unspecified atom stereocenters. The Kier molecular flexibility index (Phi) is 2.16. The van der Waals surface area contributed by atoms with Crippen molar-refractivity contribution in [2.45, 2.75) is 39.2 Å². The highest BCUT2D eigenvalue weighted by Gasteiger charge is 2.22. The van der Waals surface area contributed by atoms with E-state index < -0.39 is 0 Å². The van der Waals surface area contributed by atoms with Gasteiger partial charge in [-0.3, -0.25) is 0 Å². The van der Waals surface area contributed by atoms with E-state index in [1.807, 2.05) is 11.3 Å². The second-order valence-electron chi connectivity index (χ2n) is 4.57. The quantitative estimate of drug-likeness (QED) is 0.687. The Morgan fingerprint density at radius 3 is 2.77 bits per heavy atom. The van der Waals surface area contributed by atoms with Crippen molar-refractivity contribution in [2.75, 3.05) is 6.54 Å². The molecule has 1 N–H and O–H groups in total. The lowest BCUT2D eigenvalue weighted by Gasteiger charge is -2.13. The molecular weight excluding hydrogens is 180 g/mol. The zero-order valence-corrected chi connectivity index (χ0v) is 9.29. The van der Waals surface area contributed by atoms with Crippen LogP contribution in [0.5, 0.6) is 0 Å². The van der Waals surface area contributed by atoms with Crippen LogP contribution in [0.25, 0.3) is 0 Å². The minimum atomic E-state index is 0.210. The van der Waals surface area contributed by atoms with Crippen molar-refractivity contribution < 1.29 is 0 Å². The number of nitrogens with zero attached hydrogens (tertiary/aromatic N) is 1. The highest BCUT2D eigenvalue weighted by Crippen LogP contribution is 2.30. The van der Waals surface area contributed by atoms with Crippen LogP contribution in [-0.4, -0.2) is 11.5 Å². The van der Waals surface area contributed by atoms with E-state index in [4.69, 9.17) is 4.98 Å². The summed E-state index contributed by atoms with van der Waals surface area (Å²) in [5.74, 6) is 0. The fourth-order valence-electron chi connectivity index (χ4n) is 1.45. The van der Waals surface area contributed by atoms with Gasteiger partial charge < -0.3 is 5.32 Å². The molecule has 0 spiro atoms. The number of hydrogen-bond donors (Lipinski definition) is 1. The molecule has 2 nitrogen and oxygen atoms in total. The van der Waals surface area contributed by atoms with Crippen LogP contribution in [0.3, 0.4) is 0 Å². The van der Waals surface area contributed by atoms with Crippen LogP contribution in [0.1, 0.15) is 36.3 Å². The van der Waals surface area contributed by atoms with E-state index in [9.17, 15) is 0 Å². The average Bonchev–Trinajstić information content (AvgIpc) is 2.45. The van der Waals surface area contributed by atoms with Gasteiger partial charge in [-0.15, -0.1) is 11.3 Å². The Hall–Kier alpha value is -0.410. The van der Waals surface area contributed by atoms with Gasteiger partial charge in [0, 0.05) is 29.8 Å². The first-order chi connectivity index (χ1) is 6.07. The summed E-state index contributed by atoms with van der Waals surface area (Å²) < 4.78 is 0. The maximum Gasteiger partial charge on any atom is 0.0985 e. The lowest BCUT2D eigenvalue weighted by Crippen LogP contribution is -2.22. The number of hydrogen-bond acceptors (Lipinski definition) is 3. The predicted octanol–water partition coefficient (Wildman–Crippen LogP) is 2.09. The molecule has 0 saturated heterocycles. The van der Waals surface area contributed by atoms with Crippen LogP contribution in [0.15, 0.2) is 0 Å². The molecule has 2 rings (SSSR count). The zero-order chi connectivity index (χ0) is 9.47. The molecule has 1 aliphatic heterocycles. The summed E-state index contributed by atoms with van der Waals surface area (Å²) in [5, 5.41) is 4.66. The SMILES string of the molecule is CC(C)(C)c1nc2c(s1)CNCC2. The number of rotatable bonds is 0. The minimum Gasteiger partial charge on any atom is -0.311 e. The van der Waals surface area contributed by atoms with Crippen LogP contribution in [0.4, 0.5) is 0 Å². The third-order valence-electron chi connectivity index (χ3n) is 2.24. The molecule has 0 atom stereocenters. The molecule has 0 aliphatic carbocycles. The van der Waals surface area contributed by atoms with Crippen LogP contribution in [-0.2, 0) is 18.4 Å². The molecule has 72 valence electrons. The minimum absolute atomic E-state index is 0.210. The number of aromatic nitrogens is 1. The van der Waals surface area contributed by atoms with Crippen molar-refractivity contribution in [3.05, 3.63) is 15.6 Å². The molecule has 1 aliphatic rings. The maximum absolute atomic E-state index is 4.70. The monoisotopic (exact) mass is 196 g/mol. The first-order valence-electron chi connectivity index (χ1n) is 4.77. The largest absolute Gasteiger partial charge is 0.311 e.